The zero-order valence-electron chi connectivity index (χ0n) is 11.8. The lowest BCUT2D eigenvalue weighted by molar-refractivity contribution is -0.151. The quantitative estimate of drug-likeness (QED) is 0.939. The number of carboxylic acids is 1. The first-order valence-corrected chi connectivity index (χ1v) is 8.44. The largest absolute Gasteiger partial charge is 0.481 e. The van der Waals surface area contributed by atoms with Crippen molar-refractivity contribution in [1.82, 2.24) is 19.8 Å². The lowest BCUT2D eigenvalue weighted by Gasteiger charge is -2.32. The molecule has 2 saturated carbocycles. The molecule has 112 valence electrons. The average molecular weight is 306 g/mol. The minimum Gasteiger partial charge on any atom is -0.481 e. The first-order chi connectivity index (χ1) is 10.2. The van der Waals surface area contributed by atoms with E-state index in [4.69, 9.17) is 0 Å². The molecule has 0 aromatic carbocycles. The molecule has 2 aliphatic carbocycles. The molecule has 2 heterocycles. The SMILES string of the molecule is O=C(O)C1(Cc2nn3c(C4CC4)nnc3s2)CCCCC1. The second kappa shape index (κ2) is 4.76. The maximum absolute atomic E-state index is 11.8. The summed E-state index contributed by atoms with van der Waals surface area (Å²) in [4.78, 5) is 12.6. The van der Waals surface area contributed by atoms with Crippen LogP contribution in [0.5, 0.6) is 0 Å². The van der Waals surface area contributed by atoms with E-state index in [1.165, 1.54) is 11.3 Å². The van der Waals surface area contributed by atoms with Gasteiger partial charge in [0.05, 0.1) is 5.41 Å². The Kier molecular flexibility index (Phi) is 2.99. The Balaban J connectivity index is 1.64. The molecule has 6 nitrogen and oxygen atoms in total. The minimum atomic E-state index is -0.671. The van der Waals surface area contributed by atoms with Crippen molar-refractivity contribution in [2.75, 3.05) is 0 Å². The molecule has 4 rings (SSSR count). The third-order valence-electron chi connectivity index (χ3n) is 4.75. The second-order valence-electron chi connectivity index (χ2n) is 6.35. The van der Waals surface area contributed by atoms with Crippen molar-refractivity contribution in [3.8, 4) is 0 Å². The lowest BCUT2D eigenvalue weighted by Crippen LogP contribution is -2.35. The van der Waals surface area contributed by atoms with Crippen molar-refractivity contribution < 1.29 is 9.90 Å². The highest BCUT2D eigenvalue weighted by Crippen LogP contribution is 2.42. The molecule has 2 aromatic heterocycles. The maximum atomic E-state index is 11.8. The molecule has 0 amide bonds. The number of rotatable bonds is 4. The molecule has 0 unspecified atom stereocenters. The Labute approximate surface area is 126 Å². The first kappa shape index (κ1) is 13.2. The molecule has 2 aromatic rings. The predicted molar refractivity (Wildman–Crippen MR) is 77.5 cm³/mol. The van der Waals surface area contributed by atoms with Crippen LogP contribution in [0.25, 0.3) is 4.96 Å². The van der Waals surface area contributed by atoms with Crippen LogP contribution in [0.4, 0.5) is 0 Å². The van der Waals surface area contributed by atoms with Crippen LogP contribution in [0.15, 0.2) is 0 Å². The van der Waals surface area contributed by atoms with Gasteiger partial charge in [0.1, 0.15) is 5.01 Å². The fourth-order valence-corrected chi connectivity index (χ4v) is 4.31. The summed E-state index contributed by atoms with van der Waals surface area (Å²) in [6.45, 7) is 0. The molecule has 0 atom stereocenters. The molecule has 2 aliphatic rings. The number of carboxylic acid groups (broad SMARTS) is 1. The monoisotopic (exact) mass is 306 g/mol. The fourth-order valence-electron chi connectivity index (χ4n) is 3.32. The molecule has 21 heavy (non-hydrogen) atoms. The average Bonchev–Trinajstić information content (AvgIpc) is 3.12. The maximum Gasteiger partial charge on any atom is 0.310 e. The molecule has 0 spiro atoms. The molecule has 1 N–H and O–H groups in total. The third kappa shape index (κ3) is 2.23. The number of hydrogen-bond acceptors (Lipinski definition) is 5. The molecule has 0 saturated heterocycles. The van der Waals surface area contributed by atoms with E-state index in [0.717, 1.165) is 60.7 Å². The Hall–Kier alpha value is -1.50. The molecule has 0 bridgehead atoms. The summed E-state index contributed by atoms with van der Waals surface area (Å²) in [7, 11) is 0. The van der Waals surface area contributed by atoms with E-state index < -0.39 is 11.4 Å². The van der Waals surface area contributed by atoms with Crippen LogP contribution in [0, 0.1) is 5.41 Å². The highest BCUT2D eigenvalue weighted by molar-refractivity contribution is 7.16. The number of hydrogen-bond donors (Lipinski definition) is 1. The van der Waals surface area contributed by atoms with Gasteiger partial charge in [0.25, 0.3) is 0 Å². The van der Waals surface area contributed by atoms with Crippen LogP contribution >= 0.6 is 11.3 Å². The van der Waals surface area contributed by atoms with Gasteiger partial charge >= 0.3 is 5.97 Å². The molecule has 0 aliphatic heterocycles. The van der Waals surface area contributed by atoms with Crippen molar-refractivity contribution in [1.29, 1.82) is 0 Å². The topological polar surface area (TPSA) is 80.4 Å². The van der Waals surface area contributed by atoms with E-state index in [1.807, 2.05) is 4.52 Å². The molecule has 0 radical (unpaired) electrons. The Morgan fingerprint density at radius 2 is 2.05 bits per heavy atom. The number of aromatic nitrogens is 4. The van der Waals surface area contributed by atoms with Gasteiger partial charge < -0.3 is 5.11 Å². The zero-order chi connectivity index (χ0) is 14.4. The molecule has 7 heteroatoms. The van der Waals surface area contributed by atoms with Crippen LogP contribution < -0.4 is 0 Å². The summed E-state index contributed by atoms with van der Waals surface area (Å²) in [6.07, 6.45) is 7.52. The van der Waals surface area contributed by atoms with E-state index >= 15 is 0 Å². The van der Waals surface area contributed by atoms with Gasteiger partial charge in [0.2, 0.25) is 4.96 Å². The van der Waals surface area contributed by atoms with Gasteiger partial charge in [-0.25, -0.2) is 0 Å². The Bertz CT molecular complexity index is 682. The smallest absolute Gasteiger partial charge is 0.310 e. The highest BCUT2D eigenvalue weighted by atomic mass is 32.1. The van der Waals surface area contributed by atoms with Crippen LogP contribution in [-0.2, 0) is 11.2 Å². The van der Waals surface area contributed by atoms with Gasteiger partial charge in [-0.15, -0.1) is 10.2 Å². The Morgan fingerprint density at radius 1 is 1.29 bits per heavy atom. The standard InChI is InChI=1S/C14H18N4O2S/c19-12(20)14(6-2-1-3-7-14)8-10-17-18-11(9-4-5-9)15-16-13(18)21-10/h9H,1-8H2,(H,19,20). The van der Waals surface area contributed by atoms with Crippen molar-refractivity contribution >= 4 is 22.3 Å². The summed E-state index contributed by atoms with van der Waals surface area (Å²) in [5, 5.41) is 23.5. The van der Waals surface area contributed by atoms with Crippen molar-refractivity contribution in [2.45, 2.75) is 57.3 Å². The molecular weight excluding hydrogens is 288 g/mol. The lowest BCUT2D eigenvalue weighted by atomic mass is 9.72. The Morgan fingerprint density at radius 3 is 2.71 bits per heavy atom. The van der Waals surface area contributed by atoms with Gasteiger partial charge in [-0.05, 0) is 25.7 Å². The van der Waals surface area contributed by atoms with E-state index in [9.17, 15) is 9.90 Å². The van der Waals surface area contributed by atoms with Crippen molar-refractivity contribution in [3.05, 3.63) is 10.8 Å². The second-order valence-corrected chi connectivity index (χ2v) is 7.39. The third-order valence-corrected chi connectivity index (χ3v) is 5.65. The number of nitrogens with zero attached hydrogens (tertiary/aromatic N) is 4. The predicted octanol–water partition coefficient (Wildman–Crippen LogP) is 2.64. The van der Waals surface area contributed by atoms with Crippen LogP contribution in [-0.4, -0.2) is 30.9 Å². The van der Waals surface area contributed by atoms with Gasteiger partial charge in [-0.1, -0.05) is 30.6 Å². The summed E-state index contributed by atoms with van der Waals surface area (Å²) in [5.41, 5.74) is -0.624. The van der Waals surface area contributed by atoms with Gasteiger partial charge in [0, 0.05) is 12.3 Å². The molecular formula is C14H18N4O2S. The number of fused-ring (bicyclic) bond motifs is 1. The van der Waals surface area contributed by atoms with Gasteiger partial charge in [-0.2, -0.15) is 9.61 Å². The van der Waals surface area contributed by atoms with Gasteiger partial charge in [-0.3, -0.25) is 4.79 Å². The minimum absolute atomic E-state index is 0.498. The normalized spacial score (nSPS) is 21.7. The van der Waals surface area contributed by atoms with E-state index in [-0.39, 0.29) is 0 Å². The summed E-state index contributed by atoms with van der Waals surface area (Å²) in [5.74, 6) is 0.772. The highest BCUT2D eigenvalue weighted by Gasteiger charge is 2.41. The first-order valence-electron chi connectivity index (χ1n) is 7.62. The van der Waals surface area contributed by atoms with Gasteiger partial charge in [0.15, 0.2) is 5.82 Å². The fraction of sp³-hybridized carbons (Fsp3) is 0.714. The van der Waals surface area contributed by atoms with Crippen molar-refractivity contribution in [2.24, 2.45) is 5.41 Å². The summed E-state index contributed by atoms with van der Waals surface area (Å²) >= 11 is 1.49. The summed E-state index contributed by atoms with van der Waals surface area (Å²) < 4.78 is 1.83. The van der Waals surface area contributed by atoms with E-state index in [0.29, 0.717) is 12.3 Å². The van der Waals surface area contributed by atoms with Crippen LogP contribution in [0.1, 0.15) is 61.7 Å². The number of carbonyl (C=O) groups is 1. The van der Waals surface area contributed by atoms with Crippen molar-refractivity contribution in [3.63, 3.8) is 0 Å². The summed E-state index contributed by atoms with van der Waals surface area (Å²) in [6, 6.07) is 0. The van der Waals surface area contributed by atoms with E-state index in [2.05, 4.69) is 15.3 Å². The van der Waals surface area contributed by atoms with Crippen LogP contribution in [0.3, 0.4) is 0 Å². The van der Waals surface area contributed by atoms with Crippen LogP contribution in [0.2, 0.25) is 0 Å². The molecule has 2 fully saturated rings. The number of aliphatic carboxylic acids is 1. The zero-order valence-corrected chi connectivity index (χ0v) is 12.6. The van der Waals surface area contributed by atoms with E-state index in [1.54, 1.807) is 0 Å².